The predicted molar refractivity (Wildman–Crippen MR) is 65.7 cm³/mol. The van der Waals surface area contributed by atoms with Crippen LogP contribution in [0.25, 0.3) is 0 Å². The number of carbonyl (C=O) groups is 2. The van der Waals surface area contributed by atoms with Crippen LogP contribution in [-0.4, -0.2) is 65.6 Å². The Bertz CT molecular complexity index is 371. The van der Waals surface area contributed by atoms with Crippen molar-refractivity contribution in [1.82, 2.24) is 10.2 Å². The second-order valence-corrected chi connectivity index (χ2v) is 5.39. The summed E-state index contributed by atoms with van der Waals surface area (Å²) in [6.07, 6.45) is 1.87. The van der Waals surface area contributed by atoms with Crippen molar-refractivity contribution in [1.29, 1.82) is 0 Å². The minimum atomic E-state index is -1.09. The number of nitrogens with one attached hydrogen (secondary N) is 1. The third-order valence-corrected chi connectivity index (χ3v) is 3.83. The lowest BCUT2D eigenvalue weighted by atomic mass is 9.85. The zero-order valence-corrected chi connectivity index (χ0v) is 11.0. The summed E-state index contributed by atoms with van der Waals surface area (Å²) in [7, 11) is 0. The largest absolute Gasteiger partial charge is 0.481 e. The van der Waals surface area contributed by atoms with Crippen LogP contribution in [0.2, 0.25) is 0 Å². The van der Waals surface area contributed by atoms with Gasteiger partial charge in [0.1, 0.15) is 5.41 Å². The van der Waals surface area contributed by atoms with Gasteiger partial charge < -0.3 is 25.2 Å². The smallest absolute Gasteiger partial charge is 0.318 e. The number of carboxylic acids is 1. The number of urea groups is 1. The van der Waals surface area contributed by atoms with E-state index in [0.717, 1.165) is 12.8 Å². The summed E-state index contributed by atoms with van der Waals surface area (Å²) in [4.78, 5) is 25.0. The summed E-state index contributed by atoms with van der Waals surface area (Å²) in [5.41, 5.74) is -1.09. The molecule has 7 nitrogen and oxygen atoms in total. The van der Waals surface area contributed by atoms with Crippen molar-refractivity contribution in [2.45, 2.75) is 31.8 Å². The molecule has 0 aromatic heterocycles. The number of hydrogen-bond donors (Lipinski definition) is 3. The van der Waals surface area contributed by atoms with Crippen LogP contribution < -0.4 is 5.32 Å². The molecule has 1 aliphatic heterocycles. The molecule has 7 heteroatoms. The fourth-order valence-corrected chi connectivity index (χ4v) is 2.26. The van der Waals surface area contributed by atoms with Gasteiger partial charge in [-0.25, -0.2) is 4.79 Å². The molecule has 2 unspecified atom stereocenters. The quantitative estimate of drug-likeness (QED) is 0.635. The van der Waals surface area contributed by atoms with Crippen LogP contribution in [0.5, 0.6) is 0 Å². The van der Waals surface area contributed by atoms with Crippen molar-refractivity contribution in [3.63, 3.8) is 0 Å². The lowest BCUT2D eigenvalue weighted by molar-refractivity contribution is -0.148. The van der Waals surface area contributed by atoms with E-state index in [1.165, 1.54) is 0 Å². The first-order chi connectivity index (χ1) is 8.99. The summed E-state index contributed by atoms with van der Waals surface area (Å²) < 4.78 is 5.19. The van der Waals surface area contributed by atoms with Gasteiger partial charge in [0.15, 0.2) is 0 Å². The molecule has 1 aliphatic carbocycles. The molecule has 108 valence electrons. The predicted octanol–water partition coefficient (Wildman–Crippen LogP) is -0.358. The molecular formula is C12H20N2O5. The molecule has 0 bridgehead atoms. The van der Waals surface area contributed by atoms with Crippen LogP contribution in [0.1, 0.15) is 19.8 Å². The third-order valence-electron chi connectivity index (χ3n) is 3.83. The Balaban J connectivity index is 1.99. The van der Waals surface area contributed by atoms with Gasteiger partial charge in [-0.2, -0.15) is 0 Å². The number of ether oxygens (including phenoxy) is 1. The molecule has 2 atom stereocenters. The molecule has 1 saturated carbocycles. The number of carbonyl (C=O) groups excluding carboxylic acids is 1. The van der Waals surface area contributed by atoms with E-state index in [-0.39, 0.29) is 38.4 Å². The highest BCUT2D eigenvalue weighted by Gasteiger charge is 2.48. The molecular weight excluding hydrogens is 252 g/mol. The van der Waals surface area contributed by atoms with Gasteiger partial charge in [0.25, 0.3) is 0 Å². The molecule has 19 heavy (non-hydrogen) atoms. The standard InChI is InChI=1S/C12H20N2O5/c1-12(10(16)17)7-19-6-9(12)13-11(18)14(4-5-15)8-2-3-8/h8-9,15H,2-7H2,1H3,(H,13,18)(H,16,17). The zero-order chi connectivity index (χ0) is 14.0. The number of aliphatic hydroxyl groups is 1. The molecule has 2 fully saturated rings. The van der Waals surface area contributed by atoms with Crippen molar-refractivity contribution in [2.75, 3.05) is 26.4 Å². The molecule has 2 aliphatic rings. The van der Waals surface area contributed by atoms with E-state index in [2.05, 4.69) is 5.32 Å². The van der Waals surface area contributed by atoms with Crippen molar-refractivity contribution in [2.24, 2.45) is 5.41 Å². The summed E-state index contributed by atoms with van der Waals surface area (Å²) in [6.45, 7) is 2.04. The summed E-state index contributed by atoms with van der Waals surface area (Å²) in [5.74, 6) is -0.976. The monoisotopic (exact) mass is 272 g/mol. The van der Waals surface area contributed by atoms with Gasteiger partial charge >= 0.3 is 12.0 Å². The maximum Gasteiger partial charge on any atom is 0.318 e. The number of aliphatic carboxylic acids is 1. The van der Waals surface area contributed by atoms with Crippen molar-refractivity contribution in [3.8, 4) is 0 Å². The highest BCUT2D eigenvalue weighted by atomic mass is 16.5. The highest BCUT2D eigenvalue weighted by molar-refractivity contribution is 5.79. The van der Waals surface area contributed by atoms with Crippen LogP contribution in [0.15, 0.2) is 0 Å². The topological polar surface area (TPSA) is 99.1 Å². The first kappa shape index (κ1) is 14.1. The Labute approximate surface area is 111 Å². The van der Waals surface area contributed by atoms with Crippen LogP contribution in [-0.2, 0) is 9.53 Å². The Morgan fingerprint density at radius 1 is 1.47 bits per heavy atom. The average molecular weight is 272 g/mol. The molecule has 1 heterocycles. The lowest BCUT2D eigenvalue weighted by Crippen LogP contribution is -2.54. The Morgan fingerprint density at radius 2 is 2.16 bits per heavy atom. The molecule has 2 amide bonds. The van der Waals surface area contributed by atoms with Gasteiger partial charge in [-0.05, 0) is 19.8 Å². The second-order valence-electron chi connectivity index (χ2n) is 5.39. The van der Waals surface area contributed by atoms with E-state index in [9.17, 15) is 14.7 Å². The summed E-state index contributed by atoms with van der Waals surface area (Å²) >= 11 is 0. The second kappa shape index (κ2) is 5.34. The third kappa shape index (κ3) is 2.82. The van der Waals surface area contributed by atoms with Crippen LogP contribution in [0.3, 0.4) is 0 Å². The van der Waals surface area contributed by atoms with Gasteiger partial charge in [-0.15, -0.1) is 0 Å². The molecule has 3 N–H and O–H groups in total. The van der Waals surface area contributed by atoms with E-state index in [1.54, 1.807) is 11.8 Å². The van der Waals surface area contributed by atoms with Crippen molar-refractivity contribution >= 4 is 12.0 Å². The van der Waals surface area contributed by atoms with Crippen LogP contribution in [0.4, 0.5) is 4.79 Å². The number of carboxylic acid groups (broad SMARTS) is 1. The Hall–Kier alpha value is -1.34. The van der Waals surface area contributed by atoms with Crippen molar-refractivity contribution in [3.05, 3.63) is 0 Å². The minimum Gasteiger partial charge on any atom is -0.481 e. The molecule has 0 aromatic rings. The minimum absolute atomic E-state index is 0.0940. The number of hydrogen-bond acceptors (Lipinski definition) is 4. The summed E-state index contributed by atoms with van der Waals surface area (Å²) in [6, 6.07) is -0.692. The van der Waals surface area contributed by atoms with E-state index in [1.807, 2.05) is 0 Å². The first-order valence-electron chi connectivity index (χ1n) is 6.48. The fraction of sp³-hybridized carbons (Fsp3) is 0.833. The number of aliphatic hydroxyl groups excluding tert-OH is 1. The summed E-state index contributed by atoms with van der Waals surface area (Å²) in [5, 5.41) is 20.9. The molecule has 0 aromatic carbocycles. The number of amides is 2. The number of rotatable bonds is 5. The fourth-order valence-electron chi connectivity index (χ4n) is 2.26. The van der Waals surface area contributed by atoms with Gasteiger partial charge in [0.2, 0.25) is 0 Å². The van der Waals surface area contributed by atoms with Crippen molar-refractivity contribution < 1.29 is 24.5 Å². The van der Waals surface area contributed by atoms with E-state index < -0.39 is 17.4 Å². The highest BCUT2D eigenvalue weighted by Crippen LogP contribution is 2.30. The zero-order valence-electron chi connectivity index (χ0n) is 11.0. The Kier molecular flexibility index (Phi) is 3.96. The molecule has 0 radical (unpaired) electrons. The van der Waals surface area contributed by atoms with Gasteiger partial charge in [-0.3, -0.25) is 4.79 Å². The molecule has 2 rings (SSSR count). The van der Waals surface area contributed by atoms with Gasteiger partial charge in [-0.1, -0.05) is 0 Å². The molecule has 1 saturated heterocycles. The molecule has 0 spiro atoms. The SMILES string of the molecule is CC1(C(=O)O)COCC1NC(=O)N(CCO)C1CC1. The van der Waals surface area contributed by atoms with Gasteiger partial charge in [0.05, 0.1) is 25.9 Å². The average Bonchev–Trinajstić information content (AvgIpc) is 3.12. The van der Waals surface area contributed by atoms with Crippen LogP contribution >= 0.6 is 0 Å². The maximum atomic E-state index is 12.1. The van der Waals surface area contributed by atoms with E-state index >= 15 is 0 Å². The lowest BCUT2D eigenvalue weighted by Gasteiger charge is -2.29. The maximum absolute atomic E-state index is 12.1. The Morgan fingerprint density at radius 3 is 2.68 bits per heavy atom. The van der Waals surface area contributed by atoms with Gasteiger partial charge in [0, 0.05) is 12.6 Å². The number of nitrogens with zero attached hydrogens (tertiary/aromatic N) is 1. The van der Waals surface area contributed by atoms with E-state index in [4.69, 9.17) is 9.84 Å². The van der Waals surface area contributed by atoms with E-state index in [0.29, 0.717) is 0 Å². The normalized spacial score (nSPS) is 30.1. The first-order valence-corrected chi connectivity index (χ1v) is 6.48. The van der Waals surface area contributed by atoms with Crippen LogP contribution in [0, 0.1) is 5.41 Å².